The van der Waals surface area contributed by atoms with Crippen LogP contribution in [0.5, 0.6) is 11.5 Å². The molecule has 3 N–H and O–H groups in total. The van der Waals surface area contributed by atoms with Crippen LogP contribution >= 0.6 is 8.53 Å². The van der Waals surface area contributed by atoms with Gasteiger partial charge in [-0.15, -0.1) is 0 Å². The molecule has 16 heteroatoms. The first kappa shape index (κ1) is 41.5. The fraction of sp³-hybridized carbons (Fsp3) is 0.362. The number of imidazole rings is 1. The lowest BCUT2D eigenvalue weighted by molar-refractivity contribution is -0.201. The van der Waals surface area contributed by atoms with Gasteiger partial charge in [0, 0.05) is 24.9 Å². The van der Waals surface area contributed by atoms with E-state index in [1.165, 1.54) is 6.33 Å². The number of nitrogens with two attached hydrogens (primary N) is 1. The predicted molar refractivity (Wildman–Crippen MR) is 233 cm³/mol. The maximum atomic E-state index is 13.4. The maximum Gasteiger partial charge on any atom is 0.279 e. The molecule has 1 unspecified atom stereocenters. The minimum atomic E-state index is -1.57. The fourth-order valence-electron chi connectivity index (χ4n) is 9.45. The predicted octanol–water partition coefficient (Wildman–Crippen LogP) is 6.32. The fourth-order valence-corrected chi connectivity index (χ4v) is 11.5. The van der Waals surface area contributed by atoms with Crippen LogP contribution in [0.1, 0.15) is 60.2 Å². The molecule has 8 atom stereocenters. The molecule has 0 spiro atoms. The van der Waals surface area contributed by atoms with Gasteiger partial charge in [0.1, 0.15) is 46.8 Å². The van der Waals surface area contributed by atoms with Gasteiger partial charge in [-0.25, -0.2) is 14.6 Å². The summed E-state index contributed by atoms with van der Waals surface area (Å²) >= 11 is 0. The zero-order chi connectivity index (χ0) is 43.3. The van der Waals surface area contributed by atoms with Crippen molar-refractivity contribution >= 4 is 25.6 Å². The van der Waals surface area contributed by atoms with Gasteiger partial charge in [0.2, 0.25) is 5.91 Å². The van der Waals surface area contributed by atoms with E-state index in [1.54, 1.807) is 25.7 Å². The molecule has 2 aromatic heterocycles. The topological polar surface area (TPSA) is 175 Å². The molecule has 4 aromatic carbocycles. The summed E-state index contributed by atoms with van der Waals surface area (Å²) < 4.78 is 50.9. The monoisotopic (exact) mass is 872 g/mol. The quantitative estimate of drug-likeness (QED) is 0.0870. The number of benzene rings is 4. The molecule has 4 fully saturated rings. The van der Waals surface area contributed by atoms with E-state index >= 15 is 0 Å². The van der Waals surface area contributed by atoms with Crippen molar-refractivity contribution in [1.82, 2.24) is 24.2 Å². The summed E-state index contributed by atoms with van der Waals surface area (Å²) in [6.45, 7) is 2.68. The zero-order valence-electron chi connectivity index (χ0n) is 35.2. The molecule has 6 aromatic rings. The minimum Gasteiger partial charge on any atom is -0.497 e. The third-order valence-corrected chi connectivity index (χ3v) is 14.5. The lowest BCUT2D eigenvalue weighted by Gasteiger charge is -2.40. The van der Waals surface area contributed by atoms with Crippen LogP contribution in [0.25, 0.3) is 11.2 Å². The molecular weight excluding hydrogens is 824 g/mol. The number of H-pyrrole nitrogens is 1. The number of nitrogens with one attached hydrogen (secondary N) is 1. The average molecular weight is 873 g/mol. The highest BCUT2D eigenvalue weighted by atomic mass is 31.2. The van der Waals surface area contributed by atoms with Crippen molar-refractivity contribution in [3.05, 3.63) is 154 Å². The van der Waals surface area contributed by atoms with Gasteiger partial charge >= 0.3 is 0 Å². The minimum absolute atomic E-state index is 0.00829. The molecule has 6 heterocycles. The summed E-state index contributed by atoms with van der Waals surface area (Å²) in [5.74, 6) is 0.649. The summed E-state index contributed by atoms with van der Waals surface area (Å²) in [6.07, 6.45) is 1.32. The maximum absolute atomic E-state index is 13.4. The second-order valence-electron chi connectivity index (χ2n) is 16.6. The second kappa shape index (κ2) is 16.9. The van der Waals surface area contributed by atoms with Crippen LogP contribution < -0.4 is 20.8 Å². The molecule has 326 valence electrons. The number of nitrogens with zero attached hydrogens (tertiary/aromatic N) is 4. The summed E-state index contributed by atoms with van der Waals surface area (Å²) in [6, 6.07) is 36.3. The Kier molecular flexibility index (Phi) is 11.1. The largest absolute Gasteiger partial charge is 0.497 e. The number of primary amides is 1. The first-order valence-corrected chi connectivity index (χ1v) is 22.3. The van der Waals surface area contributed by atoms with E-state index in [1.807, 2.05) is 84.9 Å². The summed E-state index contributed by atoms with van der Waals surface area (Å²) in [5.41, 5.74) is 6.89. The van der Waals surface area contributed by atoms with Gasteiger partial charge in [0.15, 0.2) is 17.4 Å². The molecule has 15 nitrogen and oxygen atoms in total. The van der Waals surface area contributed by atoms with Crippen molar-refractivity contribution in [2.45, 2.75) is 68.0 Å². The van der Waals surface area contributed by atoms with Crippen molar-refractivity contribution < 1.29 is 37.5 Å². The zero-order valence-corrected chi connectivity index (χ0v) is 36.1. The highest BCUT2D eigenvalue weighted by molar-refractivity contribution is 7.45. The van der Waals surface area contributed by atoms with Crippen LogP contribution in [0.3, 0.4) is 0 Å². The molecule has 4 aliphatic rings. The number of carbonyl (C=O) groups is 1. The van der Waals surface area contributed by atoms with Crippen molar-refractivity contribution in [2.24, 2.45) is 11.7 Å². The van der Waals surface area contributed by atoms with Crippen LogP contribution in [0.2, 0.25) is 0 Å². The van der Waals surface area contributed by atoms with E-state index in [4.69, 9.17) is 43.4 Å². The van der Waals surface area contributed by atoms with E-state index in [2.05, 4.69) is 38.9 Å². The Bertz CT molecular complexity index is 2580. The standard InChI is InChI=1S/C47H49N6O9P/c1-29(42(48)54)25-37-50-43-38(44(55)51-37)49-28-52(43)45-40-41(62-63-53-24-10-15-36(53)39(61-63)30-11-6-4-7-12-30)46(60-45,26-58-40)27-59-47(31-13-8-5-9-14-31,32-16-20-34(56-2)21-17-32)33-18-22-35(57-3)23-19-33/h4-9,11-14,16-23,28-29,36,39-41,45H,10,15,24-27H2,1-3H3,(H2,48,54)(H,50,51,55)/t29?,36-,39+,40+,41-,45+,46+,63+/m0/s1. The van der Waals surface area contributed by atoms with Gasteiger partial charge in [-0.05, 0) is 59.4 Å². The molecular formula is C47H49N6O9P. The number of hydrogen-bond acceptors (Lipinski definition) is 12. The molecule has 0 aliphatic carbocycles. The van der Waals surface area contributed by atoms with Gasteiger partial charge < -0.3 is 43.4 Å². The van der Waals surface area contributed by atoms with Crippen LogP contribution in [0.4, 0.5) is 0 Å². The molecule has 0 radical (unpaired) electrons. The number of fused-ring (bicyclic) bond motifs is 4. The second-order valence-corrected chi connectivity index (χ2v) is 18.0. The van der Waals surface area contributed by atoms with E-state index < -0.39 is 55.5 Å². The SMILES string of the molecule is COc1ccc(C(OC[C@@]23CO[C@@H]([C@H](n4cnc5c(=O)[nH]c(CC(C)C(N)=O)nc54)O2)[C@@H]3O[P@@]2O[C@H](c3ccccc3)[C@@H]3CCCN32)(c2ccccc2)c2ccc(OC)cc2)cc1. The molecule has 2 bridgehead atoms. The number of amides is 1. The Labute approximate surface area is 365 Å². The van der Waals surface area contributed by atoms with Crippen LogP contribution in [0.15, 0.2) is 120 Å². The lowest BCUT2D eigenvalue weighted by atomic mass is 9.79. The normalized spacial score (nSPS) is 26.0. The molecule has 4 aliphatic heterocycles. The third-order valence-electron chi connectivity index (χ3n) is 12.8. The van der Waals surface area contributed by atoms with Crippen LogP contribution in [-0.2, 0) is 40.1 Å². The summed E-state index contributed by atoms with van der Waals surface area (Å²) in [5, 5.41) is 0. The number of methoxy groups -OCH3 is 2. The highest BCUT2D eigenvalue weighted by Crippen LogP contribution is 2.63. The van der Waals surface area contributed by atoms with Gasteiger partial charge in [-0.3, -0.25) is 14.2 Å². The smallest absolute Gasteiger partial charge is 0.279 e. The first-order chi connectivity index (χ1) is 30.7. The van der Waals surface area contributed by atoms with E-state index in [9.17, 15) is 9.59 Å². The number of rotatable bonds is 15. The van der Waals surface area contributed by atoms with E-state index in [-0.39, 0.29) is 42.9 Å². The van der Waals surface area contributed by atoms with Crippen LogP contribution in [-0.4, -0.2) is 87.9 Å². The summed E-state index contributed by atoms with van der Waals surface area (Å²) in [7, 11) is 1.71. The molecule has 63 heavy (non-hydrogen) atoms. The molecule has 4 saturated heterocycles. The van der Waals surface area contributed by atoms with Gasteiger partial charge in [0.05, 0.1) is 33.8 Å². The van der Waals surface area contributed by atoms with Crippen molar-refractivity contribution in [2.75, 3.05) is 34.0 Å². The van der Waals surface area contributed by atoms with Gasteiger partial charge in [-0.2, -0.15) is 0 Å². The molecule has 0 saturated carbocycles. The van der Waals surface area contributed by atoms with Crippen molar-refractivity contribution in [3.8, 4) is 11.5 Å². The molecule has 10 rings (SSSR count). The van der Waals surface area contributed by atoms with Gasteiger partial charge in [-0.1, -0.05) is 91.9 Å². The van der Waals surface area contributed by atoms with Crippen molar-refractivity contribution in [1.29, 1.82) is 0 Å². The molecule has 1 amide bonds. The number of aromatic nitrogens is 4. The Balaban J connectivity index is 1.07. The van der Waals surface area contributed by atoms with Crippen molar-refractivity contribution in [3.63, 3.8) is 0 Å². The summed E-state index contributed by atoms with van der Waals surface area (Å²) in [4.78, 5) is 37.5. The number of ether oxygens (including phenoxy) is 5. The number of hydrogen-bond donors (Lipinski definition) is 2. The van der Waals surface area contributed by atoms with Crippen LogP contribution in [0, 0.1) is 5.92 Å². The highest BCUT2D eigenvalue weighted by Gasteiger charge is 2.66. The number of aromatic amines is 1. The Morgan fingerprint density at radius 2 is 1.60 bits per heavy atom. The number of carbonyl (C=O) groups excluding carboxylic acids is 1. The van der Waals surface area contributed by atoms with Gasteiger partial charge in [0.25, 0.3) is 14.1 Å². The average Bonchev–Trinajstić information content (AvgIpc) is 4.16. The first-order valence-electron chi connectivity index (χ1n) is 21.2. The Hall–Kier alpha value is -5.51. The van der Waals surface area contributed by atoms with E-state index in [0.29, 0.717) is 17.3 Å². The third kappa shape index (κ3) is 7.31. The Morgan fingerprint density at radius 1 is 0.952 bits per heavy atom. The Morgan fingerprint density at radius 3 is 2.25 bits per heavy atom. The lowest BCUT2D eigenvalue weighted by Crippen LogP contribution is -2.49. The van der Waals surface area contributed by atoms with E-state index in [0.717, 1.165) is 41.6 Å².